The molecule has 1 atom stereocenters. The van der Waals surface area contributed by atoms with Crippen LogP contribution in [-0.4, -0.2) is 17.9 Å². The maximum Gasteiger partial charge on any atom is 0.291 e. The summed E-state index contributed by atoms with van der Waals surface area (Å²) in [6.07, 6.45) is -0.699. The summed E-state index contributed by atoms with van der Waals surface area (Å²) < 4.78 is 25.5. The van der Waals surface area contributed by atoms with Gasteiger partial charge in [0, 0.05) is 11.3 Å². The fraction of sp³-hybridized carbons (Fsp3) is 0.143. The van der Waals surface area contributed by atoms with Crippen molar-refractivity contribution in [3.63, 3.8) is 0 Å². The number of carbonyl (C=O) groups excluding carboxylic acids is 2. The zero-order chi connectivity index (χ0) is 20.5. The number of amides is 2. The lowest BCUT2D eigenvalue weighted by molar-refractivity contribution is -0.125. The lowest BCUT2D eigenvalue weighted by Gasteiger charge is -2.33. The average molecular weight is 459 g/mol. The summed E-state index contributed by atoms with van der Waals surface area (Å²) in [7, 11) is 0. The van der Waals surface area contributed by atoms with Crippen LogP contribution in [0.4, 0.5) is 15.8 Å². The minimum atomic E-state index is -0.699. The van der Waals surface area contributed by atoms with Gasteiger partial charge in [-0.05, 0) is 59.3 Å². The summed E-state index contributed by atoms with van der Waals surface area (Å²) >= 11 is 3.15. The molecule has 8 heteroatoms. The van der Waals surface area contributed by atoms with Crippen molar-refractivity contribution < 1.29 is 23.1 Å². The Bertz CT molecular complexity index is 1100. The van der Waals surface area contributed by atoms with Crippen molar-refractivity contribution in [2.45, 2.75) is 19.6 Å². The minimum absolute atomic E-state index is 0.0503. The van der Waals surface area contributed by atoms with Gasteiger partial charge in [0.15, 0.2) is 16.5 Å². The summed E-state index contributed by atoms with van der Waals surface area (Å²) in [5.74, 6) is -0.508. The summed E-state index contributed by atoms with van der Waals surface area (Å²) in [4.78, 5) is 26.5. The van der Waals surface area contributed by atoms with Crippen LogP contribution in [0.25, 0.3) is 0 Å². The molecule has 0 saturated heterocycles. The van der Waals surface area contributed by atoms with Crippen LogP contribution in [0, 0.1) is 5.82 Å². The molecule has 2 aromatic carbocycles. The monoisotopic (exact) mass is 458 g/mol. The van der Waals surface area contributed by atoms with E-state index in [4.69, 9.17) is 9.15 Å². The maximum absolute atomic E-state index is 14.1. The quantitative estimate of drug-likeness (QED) is 0.612. The topological polar surface area (TPSA) is 71.8 Å². The molecule has 1 aromatic heterocycles. The van der Waals surface area contributed by atoms with Crippen molar-refractivity contribution in [2.24, 2.45) is 0 Å². The molecule has 6 nitrogen and oxygen atoms in total. The number of carbonyl (C=O) groups is 2. The standard InChI is InChI=1S/C21H16BrFN2O4/c1-12-21(27)25(11-13-4-2-3-5-15(13)23)16-10-14(6-7-17(16)28-12)24-20(26)18-8-9-19(22)29-18/h2-10,12H,11H2,1H3,(H,24,26). The van der Waals surface area contributed by atoms with Crippen LogP contribution in [0.2, 0.25) is 0 Å². The number of hydrogen-bond acceptors (Lipinski definition) is 4. The second-order valence-corrected chi connectivity index (χ2v) is 7.30. The number of rotatable bonds is 4. The number of fused-ring (bicyclic) bond motifs is 1. The molecule has 1 unspecified atom stereocenters. The Kier molecular flexibility index (Phi) is 5.10. The molecule has 0 spiro atoms. The Morgan fingerprint density at radius 2 is 2.00 bits per heavy atom. The highest BCUT2D eigenvalue weighted by Gasteiger charge is 2.32. The Labute approximate surface area is 174 Å². The van der Waals surface area contributed by atoms with E-state index in [0.717, 1.165) is 0 Å². The molecule has 29 heavy (non-hydrogen) atoms. The zero-order valence-electron chi connectivity index (χ0n) is 15.3. The third-order valence-corrected chi connectivity index (χ3v) is 4.93. The van der Waals surface area contributed by atoms with E-state index in [1.165, 1.54) is 17.0 Å². The number of nitrogens with one attached hydrogen (secondary N) is 1. The van der Waals surface area contributed by atoms with Crippen molar-refractivity contribution in [1.29, 1.82) is 0 Å². The Morgan fingerprint density at radius 3 is 2.72 bits per heavy atom. The molecule has 0 aliphatic carbocycles. The first kappa shape index (κ1) is 19.2. The molecule has 1 aliphatic heterocycles. The van der Waals surface area contributed by atoms with Crippen molar-refractivity contribution >= 4 is 39.1 Å². The number of benzene rings is 2. The first-order chi connectivity index (χ1) is 13.9. The molecule has 1 aliphatic rings. The normalized spacial score (nSPS) is 15.6. The molecule has 0 fully saturated rings. The van der Waals surface area contributed by atoms with E-state index in [9.17, 15) is 14.0 Å². The maximum atomic E-state index is 14.1. The Hall–Kier alpha value is -3.13. The summed E-state index contributed by atoms with van der Waals surface area (Å²) in [6.45, 7) is 1.69. The number of halogens is 2. The van der Waals surface area contributed by atoms with Crippen LogP contribution in [-0.2, 0) is 11.3 Å². The second-order valence-electron chi connectivity index (χ2n) is 6.52. The van der Waals surface area contributed by atoms with Gasteiger partial charge in [-0.25, -0.2) is 4.39 Å². The van der Waals surface area contributed by atoms with E-state index in [1.807, 2.05) is 0 Å². The largest absolute Gasteiger partial charge is 0.479 e. The summed E-state index contributed by atoms with van der Waals surface area (Å²) in [5.41, 5.74) is 1.29. The predicted octanol–water partition coefficient (Wildman–Crippen LogP) is 4.75. The van der Waals surface area contributed by atoms with E-state index in [0.29, 0.717) is 27.4 Å². The SMILES string of the molecule is CC1Oc2ccc(NC(=O)c3ccc(Br)o3)cc2N(Cc2ccccc2F)C1=O. The molecule has 3 aromatic rings. The Balaban J connectivity index is 1.65. The highest BCUT2D eigenvalue weighted by atomic mass is 79.9. The van der Waals surface area contributed by atoms with Gasteiger partial charge >= 0.3 is 0 Å². The predicted molar refractivity (Wildman–Crippen MR) is 108 cm³/mol. The van der Waals surface area contributed by atoms with Gasteiger partial charge in [-0.1, -0.05) is 18.2 Å². The van der Waals surface area contributed by atoms with Crippen LogP contribution >= 0.6 is 15.9 Å². The van der Waals surface area contributed by atoms with Crippen LogP contribution in [0.5, 0.6) is 5.75 Å². The van der Waals surface area contributed by atoms with E-state index in [2.05, 4.69) is 21.2 Å². The lowest BCUT2D eigenvalue weighted by Crippen LogP contribution is -2.44. The lowest BCUT2D eigenvalue weighted by atomic mass is 10.1. The molecular weight excluding hydrogens is 443 g/mol. The Morgan fingerprint density at radius 1 is 1.21 bits per heavy atom. The van der Waals surface area contributed by atoms with Crippen molar-refractivity contribution in [1.82, 2.24) is 0 Å². The smallest absolute Gasteiger partial charge is 0.291 e. The van der Waals surface area contributed by atoms with Gasteiger partial charge in [0.2, 0.25) is 0 Å². The third kappa shape index (κ3) is 3.88. The number of nitrogens with zero attached hydrogens (tertiary/aromatic N) is 1. The fourth-order valence-corrected chi connectivity index (χ4v) is 3.38. The summed E-state index contributed by atoms with van der Waals surface area (Å²) in [5, 5.41) is 2.72. The third-order valence-electron chi connectivity index (χ3n) is 4.51. The van der Waals surface area contributed by atoms with Gasteiger partial charge in [0.1, 0.15) is 11.6 Å². The number of furan rings is 1. The molecule has 0 radical (unpaired) electrons. The van der Waals surface area contributed by atoms with E-state index in [-0.39, 0.29) is 18.2 Å². The minimum Gasteiger partial charge on any atom is -0.479 e. The molecule has 0 saturated carbocycles. The van der Waals surface area contributed by atoms with Gasteiger partial charge in [0.05, 0.1) is 12.2 Å². The molecule has 4 rings (SSSR count). The highest BCUT2D eigenvalue weighted by Crippen LogP contribution is 2.37. The molecule has 0 bridgehead atoms. The molecule has 2 heterocycles. The van der Waals surface area contributed by atoms with Crippen LogP contribution in [0.15, 0.2) is 63.7 Å². The van der Waals surface area contributed by atoms with Gasteiger partial charge in [-0.2, -0.15) is 0 Å². The fourth-order valence-electron chi connectivity index (χ4n) is 3.07. The van der Waals surface area contributed by atoms with Gasteiger partial charge in [0.25, 0.3) is 11.8 Å². The van der Waals surface area contributed by atoms with Crippen LogP contribution < -0.4 is 15.0 Å². The van der Waals surface area contributed by atoms with E-state index >= 15 is 0 Å². The number of ether oxygens (including phenoxy) is 1. The van der Waals surface area contributed by atoms with Gasteiger partial charge in [-0.15, -0.1) is 0 Å². The highest BCUT2D eigenvalue weighted by molar-refractivity contribution is 9.10. The molecule has 148 valence electrons. The molecule has 1 N–H and O–H groups in total. The van der Waals surface area contributed by atoms with Gasteiger partial charge < -0.3 is 19.4 Å². The van der Waals surface area contributed by atoms with Crippen molar-refractivity contribution in [3.8, 4) is 5.75 Å². The zero-order valence-corrected chi connectivity index (χ0v) is 16.9. The van der Waals surface area contributed by atoms with E-state index in [1.54, 1.807) is 49.4 Å². The van der Waals surface area contributed by atoms with Crippen molar-refractivity contribution in [2.75, 3.05) is 10.2 Å². The average Bonchev–Trinajstić information content (AvgIpc) is 3.14. The molecule has 2 amide bonds. The van der Waals surface area contributed by atoms with E-state index < -0.39 is 17.8 Å². The second kappa shape index (κ2) is 7.71. The molecular formula is C21H16BrFN2O4. The van der Waals surface area contributed by atoms with Crippen LogP contribution in [0.3, 0.4) is 0 Å². The first-order valence-corrected chi connectivity index (χ1v) is 9.64. The number of anilines is 2. The van der Waals surface area contributed by atoms with Gasteiger partial charge in [-0.3, -0.25) is 9.59 Å². The number of hydrogen-bond donors (Lipinski definition) is 1. The van der Waals surface area contributed by atoms with Crippen LogP contribution in [0.1, 0.15) is 23.0 Å². The summed E-state index contributed by atoms with van der Waals surface area (Å²) in [6, 6.07) is 14.4. The first-order valence-electron chi connectivity index (χ1n) is 8.84. The van der Waals surface area contributed by atoms with Crippen molar-refractivity contribution in [3.05, 3.63) is 76.4 Å².